The maximum absolute atomic E-state index is 9.08. The van der Waals surface area contributed by atoms with Crippen molar-refractivity contribution in [2.45, 2.75) is 32.6 Å². The van der Waals surface area contributed by atoms with Gasteiger partial charge in [0.2, 0.25) is 0 Å². The lowest BCUT2D eigenvalue weighted by Gasteiger charge is -2.06. The fourth-order valence-corrected chi connectivity index (χ4v) is 2.29. The van der Waals surface area contributed by atoms with Crippen LogP contribution in [0.1, 0.15) is 31.7 Å². The number of benzene rings is 2. The topological polar surface area (TPSA) is 60.7 Å². The van der Waals surface area contributed by atoms with Gasteiger partial charge in [-0.1, -0.05) is 68.3 Å². The van der Waals surface area contributed by atoms with Crippen LogP contribution in [0.4, 0.5) is 0 Å². The fourth-order valence-electron chi connectivity index (χ4n) is 2.29. The molecule has 0 radical (unpaired) electrons. The summed E-state index contributed by atoms with van der Waals surface area (Å²) < 4.78 is 0. The molecule has 0 saturated heterocycles. The minimum absolute atomic E-state index is 0.518. The molecule has 118 valence electrons. The van der Waals surface area contributed by atoms with Crippen LogP contribution < -0.4 is 5.46 Å². The predicted molar refractivity (Wildman–Crippen MR) is 93.1 cm³/mol. The summed E-state index contributed by atoms with van der Waals surface area (Å²) in [5.74, 6) is 0. The molecule has 0 aliphatic heterocycles. The van der Waals surface area contributed by atoms with Crippen LogP contribution in [0.2, 0.25) is 0 Å². The van der Waals surface area contributed by atoms with Crippen LogP contribution in [0.5, 0.6) is 0 Å². The van der Waals surface area contributed by atoms with Gasteiger partial charge in [0.1, 0.15) is 0 Å². The van der Waals surface area contributed by atoms with Gasteiger partial charge in [-0.05, 0) is 35.0 Å². The monoisotopic (exact) mass is 300 g/mol. The molecule has 4 heteroatoms. The van der Waals surface area contributed by atoms with Crippen LogP contribution >= 0.6 is 0 Å². The van der Waals surface area contributed by atoms with Gasteiger partial charge in [0.15, 0.2) is 0 Å². The molecule has 22 heavy (non-hydrogen) atoms. The van der Waals surface area contributed by atoms with Crippen LogP contribution in [0.25, 0.3) is 11.1 Å². The molecule has 0 heterocycles. The third-order valence-electron chi connectivity index (χ3n) is 3.57. The first kappa shape index (κ1) is 18.4. The number of unbranched alkanes of at least 4 members (excludes halogenated alkanes) is 2. The van der Waals surface area contributed by atoms with E-state index in [2.05, 4.69) is 31.2 Å². The van der Waals surface area contributed by atoms with E-state index in [1.165, 1.54) is 24.8 Å². The third kappa shape index (κ3) is 5.64. The van der Waals surface area contributed by atoms with Crippen molar-refractivity contribution in [1.29, 1.82) is 0 Å². The summed E-state index contributed by atoms with van der Waals surface area (Å²) >= 11 is 0. The lowest BCUT2D eigenvalue weighted by molar-refractivity contribution is 0.399. The molecule has 0 bridgehead atoms. The first-order chi connectivity index (χ1) is 10.7. The number of aryl methyl sites for hydroxylation is 1. The quantitative estimate of drug-likeness (QED) is 0.567. The van der Waals surface area contributed by atoms with Crippen LogP contribution in [0.15, 0.2) is 48.5 Å². The molecule has 0 spiro atoms. The molecular formula is C18H25BO3. The predicted octanol–water partition coefficient (Wildman–Crippen LogP) is 2.37. The Morgan fingerprint density at radius 2 is 1.27 bits per heavy atom. The van der Waals surface area contributed by atoms with E-state index in [-0.39, 0.29) is 0 Å². The van der Waals surface area contributed by atoms with Crippen molar-refractivity contribution in [2.24, 2.45) is 0 Å². The van der Waals surface area contributed by atoms with E-state index in [4.69, 9.17) is 15.2 Å². The highest BCUT2D eigenvalue weighted by molar-refractivity contribution is 6.58. The molecule has 0 unspecified atom stereocenters. The zero-order valence-corrected chi connectivity index (χ0v) is 13.4. The van der Waals surface area contributed by atoms with Crippen molar-refractivity contribution in [1.82, 2.24) is 0 Å². The van der Waals surface area contributed by atoms with Crippen molar-refractivity contribution in [2.75, 3.05) is 7.11 Å². The van der Waals surface area contributed by atoms with E-state index in [9.17, 15) is 0 Å². The molecule has 0 aromatic heterocycles. The van der Waals surface area contributed by atoms with Crippen molar-refractivity contribution in [3.8, 4) is 11.1 Å². The second-order valence-corrected chi connectivity index (χ2v) is 5.15. The van der Waals surface area contributed by atoms with Crippen molar-refractivity contribution >= 4 is 12.6 Å². The molecular weight excluding hydrogens is 275 g/mol. The molecule has 0 aliphatic rings. The second kappa shape index (κ2) is 10.2. The second-order valence-electron chi connectivity index (χ2n) is 5.15. The number of hydrogen-bond acceptors (Lipinski definition) is 3. The normalized spacial score (nSPS) is 9.86. The Morgan fingerprint density at radius 1 is 0.773 bits per heavy atom. The van der Waals surface area contributed by atoms with Gasteiger partial charge in [0, 0.05) is 7.11 Å². The summed E-state index contributed by atoms with van der Waals surface area (Å²) in [4.78, 5) is 0. The zero-order valence-electron chi connectivity index (χ0n) is 13.4. The Morgan fingerprint density at radius 3 is 1.73 bits per heavy atom. The highest BCUT2D eigenvalue weighted by Gasteiger charge is 2.09. The van der Waals surface area contributed by atoms with Crippen LogP contribution in [-0.4, -0.2) is 29.4 Å². The average molecular weight is 300 g/mol. The van der Waals surface area contributed by atoms with Gasteiger partial charge in [-0.25, -0.2) is 0 Å². The van der Waals surface area contributed by atoms with Crippen LogP contribution in [-0.2, 0) is 6.42 Å². The number of aliphatic hydroxyl groups is 1. The van der Waals surface area contributed by atoms with E-state index in [1.54, 1.807) is 12.1 Å². The minimum atomic E-state index is -1.40. The van der Waals surface area contributed by atoms with Gasteiger partial charge >= 0.3 is 7.12 Å². The Bertz CT molecular complexity index is 521. The first-order valence-electron chi connectivity index (χ1n) is 7.71. The van der Waals surface area contributed by atoms with E-state index < -0.39 is 7.12 Å². The first-order valence-corrected chi connectivity index (χ1v) is 7.71. The summed E-state index contributed by atoms with van der Waals surface area (Å²) in [6, 6.07) is 15.9. The Kier molecular flexibility index (Phi) is 8.52. The van der Waals surface area contributed by atoms with Gasteiger partial charge in [-0.2, -0.15) is 0 Å². The molecule has 3 N–H and O–H groups in total. The molecule has 2 aromatic rings. The van der Waals surface area contributed by atoms with Crippen molar-refractivity contribution < 1.29 is 15.2 Å². The largest absolute Gasteiger partial charge is 0.488 e. The SMILES string of the molecule is CCCCCc1ccc(-c2ccc(B(O)O)cc2)cc1.CO. The highest BCUT2D eigenvalue weighted by Crippen LogP contribution is 2.19. The summed E-state index contributed by atoms with van der Waals surface area (Å²) in [5, 5.41) is 25.2. The summed E-state index contributed by atoms with van der Waals surface area (Å²) in [5.41, 5.74) is 4.15. The minimum Gasteiger partial charge on any atom is -0.423 e. The zero-order chi connectivity index (χ0) is 16.4. The molecule has 0 atom stereocenters. The Balaban J connectivity index is 0.00000116. The lowest BCUT2D eigenvalue weighted by Crippen LogP contribution is -2.29. The molecule has 2 rings (SSSR count). The standard InChI is InChI=1S/C17H21BO2.CH4O/c1-2-3-4-5-14-6-8-15(9-7-14)16-10-12-17(13-11-16)18(19)20;1-2/h6-13,19-20H,2-5H2,1H3;2H,1H3. The van der Waals surface area contributed by atoms with Gasteiger partial charge < -0.3 is 15.2 Å². The summed E-state index contributed by atoms with van der Waals surface area (Å²) in [7, 11) is -0.398. The van der Waals surface area contributed by atoms with Crippen molar-refractivity contribution in [3.63, 3.8) is 0 Å². The van der Waals surface area contributed by atoms with E-state index in [1.807, 2.05) is 12.1 Å². The summed E-state index contributed by atoms with van der Waals surface area (Å²) in [6.07, 6.45) is 4.93. The maximum Gasteiger partial charge on any atom is 0.488 e. The molecule has 3 nitrogen and oxygen atoms in total. The maximum atomic E-state index is 9.08. The van der Waals surface area contributed by atoms with E-state index >= 15 is 0 Å². The van der Waals surface area contributed by atoms with Crippen LogP contribution in [0.3, 0.4) is 0 Å². The summed E-state index contributed by atoms with van der Waals surface area (Å²) in [6.45, 7) is 2.22. The van der Waals surface area contributed by atoms with E-state index in [0.29, 0.717) is 5.46 Å². The number of hydrogen-bond donors (Lipinski definition) is 3. The Labute approximate surface area is 133 Å². The molecule has 2 aromatic carbocycles. The van der Waals surface area contributed by atoms with Gasteiger partial charge in [-0.3, -0.25) is 0 Å². The molecule has 0 fully saturated rings. The Hall–Kier alpha value is -1.62. The van der Waals surface area contributed by atoms with Gasteiger partial charge in [-0.15, -0.1) is 0 Å². The average Bonchev–Trinajstić information content (AvgIpc) is 2.58. The number of aliphatic hydroxyl groups excluding tert-OH is 1. The fraction of sp³-hybridized carbons (Fsp3) is 0.333. The van der Waals surface area contributed by atoms with Gasteiger partial charge in [0.05, 0.1) is 0 Å². The van der Waals surface area contributed by atoms with Gasteiger partial charge in [0.25, 0.3) is 0 Å². The van der Waals surface area contributed by atoms with Crippen molar-refractivity contribution in [3.05, 3.63) is 54.1 Å². The third-order valence-corrected chi connectivity index (χ3v) is 3.57. The van der Waals surface area contributed by atoms with E-state index in [0.717, 1.165) is 24.7 Å². The van der Waals surface area contributed by atoms with Crippen LogP contribution in [0, 0.1) is 0 Å². The lowest BCUT2D eigenvalue weighted by atomic mass is 9.80. The molecule has 0 aliphatic carbocycles. The molecule has 0 amide bonds. The number of rotatable bonds is 6. The smallest absolute Gasteiger partial charge is 0.423 e. The highest BCUT2D eigenvalue weighted by atomic mass is 16.4. The molecule has 0 saturated carbocycles.